The van der Waals surface area contributed by atoms with Crippen LogP contribution in [-0.4, -0.2) is 24.7 Å². The van der Waals surface area contributed by atoms with E-state index in [-0.39, 0.29) is 18.1 Å². The lowest BCUT2D eigenvalue weighted by Crippen LogP contribution is -2.41. The van der Waals surface area contributed by atoms with E-state index in [1.165, 1.54) is 0 Å². The van der Waals surface area contributed by atoms with Crippen LogP contribution in [0.5, 0.6) is 0 Å². The van der Waals surface area contributed by atoms with Gasteiger partial charge in [-0.15, -0.1) is 0 Å². The van der Waals surface area contributed by atoms with E-state index in [4.69, 9.17) is 4.74 Å². The minimum absolute atomic E-state index is 0.156. The van der Waals surface area contributed by atoms with Crippen molar-refractivity contribution in [2.24, 2.45) is 5.92 Å². The molecule has 0 radical (unpaired) electrons. The lowest BCUT2D eigenvalue weighted by molar-refractivity contribution is -0.123. The van der Waals surface area contributed by atoms with Crippen molar-refractivity contribution in [3.05, 3.63) is 0 Å². The van der Waals surface area contributed by atoms with E-state index in [0.717, 1.165) is 32.3 Å². The van der Waals surface area contributed by atoms with Crippen LogP contribution in [0.15, 0.2) is 0 Å². The van der Waals surface area contributed by atoms with Gasteiger partial charge in [-0.25, -0.2) is 0 Å². The Kier molecular flexibility index (Phi) is 5.81. The Morgan fingerprint density at radius 2 is 2.25 bits per heavy atom. The molecule has 0 bridgehead atoms. The number of carbonyl (C=O) groups excluding carboxylic acids is 1. The summed E-state index contributed by atoms with van der Waals surface area (Å²) < 4.78 is 5.55. The largest absolute Gasteiger partial charge is 0.376 e. The number of ether oxygens (including phenoxy) is 1. The van der Waals surface area contributed by atoms with Gasteiger partial charge in [0.2, 0.25) is 5.91 Å². The van der Waals surface area contributed by atoms with Gasteiger partial charge in [0.1, 0.15) is 0 Å². The molecule has 1 N–H and O–H groups in total. The fourth-order valence-corrected chi connectivity index (χ4v) is 2.31. The first-order chi connectivity index (χ1) is 7.63. The topological polar surface area (TPSA) is 38.3 Å². The lowest BCUT2D eigenvalue weighted by atomic mass is 10.0. The third-order valence-electron chi connectivity index (χ3n) is 3.23. The van der Waals surface area contributed by atoms with Crippen LogP contribution in [0.25, 0.3) is 0 Å². The standard InChI is InChI=1S/C13H25NO2/c1-4-6-10(2)9-13(15)14-11(3)12-7-5-8-16-12/h10-12H,4-9H2,1-3H3,(H,14,15)/t10-,11-,12-/m0/s1. The van der Waals surface area contributed by atoms with Gasteiger partial charge in [0.05, 0.1) is 12.1 Å². The first kappa shape index (κ1) is 13.5. The van der Waals surface area contributed by atoms with Gasteiger partial charge in [-0.2, -0.15) is 0 Å². The zero-order chi connectivity index (χ0) is 12.0. The quantitative estimate of drug-likeness (QED) is 0.757. The van der Waals surface area contributed by atoms with Gasteiger partial charge in [-0.3, -0.25) is 4.79 Å². The van der Waals surface area contributed by atoms with Gasteiger partial charge in [0, 0.05) is 13.0 Å². The molecule has 0 aromatic carbocycles. The SMILES string of the molecule is CCC[C@H](C)CC(=O)N[C@@H](C)[C@@H]1CCCO1. The number of hydrogen-bond acceptors (Lipinski definition) is 2. The van der Waals surface area contributed by atoms with E-state index in [9.17, 15) is 4.79 Å². The highest BCUT2D eigenvalue weighted by molar-refractivity contribution is 5.76. The molecule has 3 nitrogen and oxygen atoms in total. The van der Waals surface area contributed by atoms with E-state index in [1.54, 1.807) is 0 Å². The molecule has 0 saturated carbocycles. The predicted molar refractivity (Wildman–Crippen MR) is 65.3 cm³/mol. The third-order valence-corrected chi connectivity index (χ3v) is 3.23. The summed E-state index contributed by atoms with van der Waals surface area (Å²) in [7, 11) is 0. The molecule has 3 heteroatoms. The summed E-state index contributed by atoms with van der Waals surface area (Å²) in [6.07, 6.45) is 5.34. The maximum Gasteiger partial charge on any atom is 0.220 e. The Labute approximate surface area is 98.9 Å². The molecule has 1 amide bonds. The highest BCUT2D eigenvalue weighted by Crippen LogP contribution is 2.16. The molecule has 94 valence electrons. The Morgan fingerprint density at radius 1 is 1.50 bits per heavy atom. The van der Waals surface area contributed by atoms with Gasteiger partial charge in [0.25, 0.3) is 0 Å². The Morgan fingerprint density at radius 3 is 2.81 bits per heavy atom. The Balaban J connectivity index is 2.22. The van der Waals surface area contributed by atoms with Crippen molar-refractivity contribution in [3.63, 3.8) is 0 Å². The summed E-state index contributed by atoms with van der Waals surface area (Å²) in [6.45, 7) is 7.18. The zero-order valence-electron chi connectivity index (χ0n) is 10.8. The van der Waals surface area contributed by atoms with Crippen LogP contribution < -0.4 is 5.32 Å². The van der Waals surface area contributed by atoms with Crippen molar-refractivity contribution in [3.8, 4) is 0 Å². The monoisotopic (exact) mass is 227 g/mol. The van der Waals surface area contributed by atoms with E-state index in [2.05, 4.69) is 19.2 Å². The van der Waals surface area contributed by atoms with Gasteiger partial charge < -0.3 is 10.1 Å². The first-order valence-electron chi connectivity index (χ1n) is 6.54. The van der Waals surface area contributed by atoms with Crippen molar-refractivity contribution >= 4 is 5.91 Å². The number of rotatable bonds is 6. The molecule has 1 saturated heterocycles. The molecule has 1 heterocycles. The van der Waals surface area contributed by atoms with Crippen LogP contribution in [0.4, 0.5) is 0 Å². The van der Waals surface area contributed by atoms with Crippen molar-refractivity contribution in [1.29, 1.82) is 0 Å². The number of nitrogens with one attached hydrogen (secondary N) is 1. The van der Waals surface area contributed by atoms with E-state index in [0.29, 0.717) is 12.3 Å². The summed E-state index contributed by atoms with van der Waals surface area (Å²) in [4.78, 5) is 11.7. The molecule has 0 spiro atoms. The normalized spacial score (nSPS) is 24.1. The van der Waals surface area contributed by atoms with Crippen LogP contribution in [0, 0.1) is 5.92 Å². The molecule has 1 aliphatic heterocycles. The fraction of sp³-hybridized carbons (Fsp3) is 0.923. The van der Waals surface area contributed by atoms with Crippen LogP contribution in [0.2, 0.25) is 0 Å². The molecule has 3 atom stereocenters. The third kappa shape index (κ3) is 4.52. The van der Waals surface area contributed by atoms with Crippen molar-refractivity contribution in [2.75, 3.05) is 6.61 Å². The van der Waals surface area contributed by atoms with E-state index >= 15 is 0 Å². The summed E-state index contributed by atoms with van der Waals surface area (Å²) in [5.41, 5.74) is 0. The smallest absolute Gasteiger partial charge is 0.220 e. The Bertz CT molecular complexity index is 212. The zero-order valence-corrected chi connectivity index (χ0v) is 10.8. The van der Waals surface area contributed by atoms with Gasteiger partial charge >= 0.3 is 0 Å². The van der Waals surface area contributed by atoms with E-state index < -0.39 is 0 Å². The molecule has 0 aromatic heterocycles. The predicted octanol–water partition coefficient (Wildman–Crippen LogP) is 2.50. The van der Waals surface area contributed by atoms with Crippen molar-refractivity contribution in [1.82, 2.24) is 5.32 Å². The lowest BCUT2D eigenvalue weighted by Gasteiger charge is -2.21. The highest BCUT2D eigenvalue weighted by Gasteiger charge is 2.23. The fourth-order valence-electron chi connectivity index (χ4n) is 2.31. The molecule has 0 aliphatic carbocycles. The minimum Gasteiger partial charge on any atom is -0.376 e. The van der Waals surface area contributed by atoms with Crippen molar-refractivity contribution < 1.29 is 9.53 Å². The van der Waals surface area contributed by atoms with Crippen LogP contribution in [0.3, 0.4) is 0 Å². The second kappa shape index (κ2) is 6.89. The van der Waals surface area contributed by atoms with Crippen LogP contribution in [0.1, 0.15) is 52.9 Å². The number of amides is 1. The summed E-state index contributed by atoms with van der Waals surface area (Å²) >= 11 is 0. The molecule has 0 aromatic rings. The molecule has 1 fully saturated rings. The average molecular weight is 227 g/mol. The molecular formula is C13H25NO2. The first-order valence-corrected chi connectivity index (χ1v) is 6.54. The van der Waals surface area contributed by atoms with Crippen LogP contribution >= 0.6 is 0 Å². The number of hydrogen-bond donors (Lipinski definition) is 1. The van der Waals surface area contributed by atoms with Gasteiger partial charge in [-0.05, 0) is 25.7 Å². The number of carbonyl (C=O) groups is 1. The van der Waals surface area contributed by atoms with Crippen molar-refractivity contribution in [2.45, 2.75) is 65.0 Å². The Hall–Kier alpha value is -0.570. The maximum absolute atomic E-state index is 11.7. The maximum atomic E-state index is 11.7. The second-order valence-electron chi connectivity index (χ2n) is 5.01. The molecule has 16 heavy (non-hydrogen) atoms. The highest BCUT2D eigenvalue weighted by atomic mass is 16.5. The summed E-state index contributed by atoms with van der Waals surface area (Å²) in [6, 6.07) is 0.156. The van der Waals surface area contributed by atoms with E-state index in [1.807, 2.05) is 6.92 Å². The summed E-state index contributed by atoms with van der Waals surface area (Å²) in [5, 5.41) is 3.05. The van der Waals surface area contributed by atoms with Gasteiger partial charge in [0.15, 0.2) is 0 Å². The second-order valence-corrected chi connectivity index (χ2v) is 5.01. The summed E-state index contributed by atoms with van der Waals surface area (Å²) in [5.74, 6) is 0.658. The molecule has 1 rings (SSSR count). The molecular weight excluding hydrogens is 202 g/mol. The molecule has 1 aliphatic rings. The molecule has 0 unspecified atom stereocenters. The van der Waals surface area contributed by atoms with Crippen LogP contribution in [-0.2, 0) is 9.53 Å². The van der Waals surface area contributed by atoms with Gasteiger partial charge in [-0.1, -0.05) is 26.7 Å². The minimum atomic E-state index is 0.156. The average Bonchev–Trinajstić information content (AvgIpc) is 2.69.